The predicted octanol–water partition coefficient (Wildman–Crippen LogP) is 4.10. The van der Waals surface area contributed by atoms with E-state index in [1.807, 2.05) is 11.3 Å². The third-order valence-electron chi connectivity index (χ3n) is 3.85. The molecule has 0 aromatic carbocycles. The summed E-state index contributed by atoms with van der Waals surface area (Å²) in [6.07, 6.45) is 6.96. The fourth-order valence-electron chi connectivity index (χ4n) is 2.95. The quantitative estimate of drug-likeness (QED) is 0.803. The van der Waals surface area contributed by atoms with E-state index in [-0.39, 0.29) is 0 Å². The summed E-state index contributed by atoms with van der Waals surface area (Å²) in [5, 5.41) is 5.89. The first-order chi connectivity index (χ1) is 8.20. The lowest BCUT2D eigenvalue weighted by molar-refractivity contribution is 0.275. The number of rotatable bonds is 6. The van der Waals surface area contributed by atoms with Gasteiger partial charge in [-0.25, -0.2) is 0 Å². The Hall–Kier alpha value is -0.340. The van der Waals surface area contributed by atoms with E-state index in [0.717, 1.165) is 12.5 Å². The van der Waals surface area contributed by atoms with Crippen LogP contribution in [0.2, 0.25) is 0 Å². The Labute approximate surface area is 110 Å². The van der Waals surface area contributed by atoms with Gasteiger partial charge in [-0.15, -0.1) is 11.3 Å². The molecule has 0 saturated heterocycles. The van der Waals surface area contributed by atoms with Crippen molar-refractivity contribution in [2.75, 3.05) is 13.1 Å². The summed E-state index contributed by atoms with van der Waals surface area (Å²) < 4.78 is 0. The Morgan fingerprint density at radius 2 is 2.12 bits per heavy atom. The maximum Gasteiger partial charge on any atom is 0.00512 e. The normalized spacial score (nSPS) is 19.0. The molecule has 1 aromatic rings. The Morgan fingerprint density at radius 1 is 1.35 bits per heavy atom. The van der Waals surface area contributed by atoms with Crippen LogP contribution in [0.25, 0.3) is 0 Å². The van der Waals surface area contributed by atoms with Gasteiger partial charge >= 0.3 is 0 Å². The van der Waals surface area contributed by atoms with E-state index < -0.39 is 0 Å². The second-order valence-electron chi connectivity index (χ2n) is 5.99. The van der Waals surface area contributed by atoms with Crippen molar-refractivity contribution in [3.05, 3.63) is 22.4 Å². The molecule has 1 fully saturated rings. The van der Waals surface area contributed by atoms with Crippen LogP contribution in [0.3, 0.4) is 0 Å². The standard InChI is InChI=1S/C15H25NS/c1-13(2)11-16-12-15(7-3-4-8-15)10-14-6-5-9-17-14/h5-6,9,13,16H,3-4,7-8,10-12H2,1-2H3. The van der Waals surface area contributed by atoms with Gasteiger partial charge in [0.25, 0.3) is 0 Å². The minimum Gasteiger partial charge on any atom is -0.316 e. The SMILES string of the molecule is CC(C)CNCC1(Cc2cccs2)CCCC1. The van der Waals surface area contributed by atoms with Crippen molar-refractivity contribution in [2.45, 2.75) is 46.0 Å². The first-order valence-corrected chi connectivity index (χ1v) is 7.81. The van der Waals surface area contributed by atoms with E-state index in [1.165, 1.54) is 38.6 Å². The van der Waals surface area contributed by atoms with Gasteiger partial charge < -0.3 is 5.32 Å². The number of thiophene rings is 1. The van der Waals surface area contributed by atoms with E-state index in [0.29, 0.717) is 5.41 Å². The molecule has 0 bridgehead atoms. The molecule has 2 rings (SSSR count). The van der Waals surface area contributed by atoms with Gasteiger partial charge in [-0.2, -0.15) is 0 Å². The van der Waals surface area contributed by atoms with E-state index in [9.17, 15) is 0 Å². The van der Waals surface area contributed by atoms with Crippen LogP contribution in [0.4, 0.5) is 0 Å². The smallest absolute Gasteiger partial charge is 0.00512 e. The van der Waals surface area contributed by atoms with Crippen LogP contribution in [0.5, 0.6) is 0 Å². The topological polar surface area (TPSA) is 12.0 Å². The molecule has 17 heavy (non-hydrogen) atoms. The average molecular weight is 251 g/mol. The Morgan fingerprint density at radius 3 is 2.71 bits per heavy atom. The summed E-state index contributed by atoms with van der Waals surface area (Å²) in [6.45, 7) is 6.94. The maximum atomic E-state index is 3.68. The molecular formula is C15H25NS. The van der Waals surface area contributed by atoms with Crippen molar-refractivity contribution < 1.29 is 0 Å². The highest BCUT2D eigenvalue weighted by atomic mass is 32.1. The molecule has 1 N–H and O–H groups in total. The van der Waals surface area contributed by atoms with Crippen molar-refractivity contribution in [3.8, 4) is 0 Å². The molecule has 1 aliphatic carbocycles. The third-order valence-corrected chi connectivity index (χ3v) is 4.72. The average Bonchev–Trinajstić information content (AvgIpc) is 2.90. The molecule has 2 heteroatoms. The van der Waals surface area contributed by atoms with Crippen LogP contribution in [-0.2, 0) is 6.42 Å². The molecule has 0 amide bonds. The predicted molar refractivity (Wildman–Crippen MR) is 76.6 cm³/mol. The first-order valence-electron chi connectivity index (χ1n) is 6.93. The van der Waals surface area contributed by atoms with Gasteiger partial charge in [0, 0.05) is 11.4 Å². The molecule has 0 atom stereocenters. The van der Waals surface area contributed by atoms with Gasteiger partial charge in [-0.05, 0) is 48.6 Å². The van der Waals surface area contributed by atoms with Crippen molar-refractivity contribution in [1.82, 2.24) is 5.32 Å². The molecule has 1 heterocycles. The zero-order valence-corrected chi connectivity index (χ0v) is 12.0. The van der Waals surface area contributed by atoms with Crippen molar-refractivity contribution in [1.29, 1.82) is 0 Å². The highest BCUT2D eigenvalue weighted by Crippen LogP contribution is 2.41. The second-order valence-corrected chi connectivity index (χ2v) is 7.02. The summed E-state index contributed by atoms with van der Waals surface area (Å²) in [6, 6.07) is 4.48. The number of hydrogen-bond donors (Lipinski definition) is 1. The summed E-state index contributed by atoms with van der Waals surface area (Å²) >= 11 is 1.92. The minimum absolute atomic E-state index is 0.555. The van der Waals surface area contributed by atoms with Crippen LogP contribution >= 0.6 is 11.3 Å². The molecular weight excluding hydrogens is 226 g/mol. The van der Waals surface area contributed by atoms with Crippen LogP contribution < -0.4 is 5.32 Å². The number of hydrogen-bond acceptors (Lipinski definition) is 2. The van der Waals surface area contributed by atoms with Crippen LogP contribution in [0.1, 0.15) is 44.4 Å². The van der Waals surface area contributed by atoms with E-state index in [1.54, 1.807) is 4.88 Å². The van der Waals surface area contributed by atoms with Gasteiger partial charge in [-0.3, -0.25) is 0 Å². The van der Waals surface area contributed by atoms with E-state index in [2.05, 4.69) is 36.7 Å². The second kappa shape index (κ2) is 6.01. The Kier molecular flexibility index (Phi) is 4.63. The molecule has 0 radical (unpaired) electrons. The first kappa shape index (κ1) is 13.1. The summed E-state index contributed by atoms with van der Waals surface area (Å²) in [5.74, 6) is 0.759. The largest absolute Gasteiger partial charge is 0.316 e. The van der Waals surface area contributed by atoms with Gasteiger partial charge in [-0.1, -0.05) is 32.8 Å². The van der Waals surface area contributed by atoms with Gasteiger partial charge in [0.05, 0.1) is 0 Å². The molecule has 0 spiro atoms. The van der Waals surface area contributed by atoms with E-state index in [4.69, 9.17) is 0 Å². The summed E-state index contributed by atoms with van der Waals surface area (Å²) in [7, 11) is 0. The highest BCUT2D eigenvalue weighted by molar-refractivity contribution is 7.09. The zero-order chi connectivity index (χ0) is 12.1. The Balaban J connectivity index is 1.90. The molecule has 96 valence electrons. The summed E-state index contributed by atoms with van der Waals surface area (Å²) in [5.41, 5.74) is 0.555. The minimum atomic E-state index is 0.555. The van der Waals surface area contributed by atoms with Gasteiger partial charge in [0.15, 0.2) is 0 Å². The van der Waals surface area contributed by atoms with Gasteiger partial charge in [0.1, 0.15) is 0 Å². The van der Waals surface area contributed by atoms with Crippen molar-refractivity contribution in [2.24, 2.45) is 11.3 Å². The lowest BCUT2D eigenvalue weighted by Crippen LogP contribution is -2.35. The third kappa shape index (κ3) is 3.82. The van der Waals surface area contributed by atoms with Crippen molar-refractivity contribution in [3.63, 3.8) is 0 Å². The number of nitrogens with one attached hydrogen (secondary N) is 1. The molecule has 1 saturated carbocycles. The van der Waals surface area contributed by atoms with Gasteiger partial charge in [0.2, 0.25) is 0 Å². The maximum absolute atomic E-state index is 3.68. The lowest BCUT2D eigenvalue weighted by atomic mass is 9.82. The van der Waals surface area contributed by atoms with E-state index >= 15 is 0 Å². The zero-order valence-electron chi connectivity index (χ0n) is 11.2. The molecule has 1 nitrogen and oxygen atoms in total. The monoisotopic (exact) mass is 251 g/mol. The highest BCUT2D eigenvalue weighted by Gasteiger charge is 2.33. The Bertz CT molecular complexity index is 310. The molecule has 0 aliphatic heterocycles. The summed E-state index contributed by atoms with van der Waals surface area (Å²) in [4.78, 5) is 1.57. The van der Waals surface area contributed by atoms with Crippen LogP contribution in [0, 0.1) is 11.3 Å². The molecule has 0 unspecified atom stereocenters. The van der Waals surface area contributed by atoms with Crippen molar-refractivity contribution >= 4 is 11.3 Å². The molecule has 1 aliphatic rings. The van der Waals surface area contributed by atoms with Crippen LogP contribution in [0.15, 0.2) is 17.5 Å². The lowest BCUT2D eigenvalue weighted by Gasteiger charge is -2.29. The van der Waals surface area contributed by atoms with Crippen LogP contribution in [-0.4, -0.2) is 13.1 Å². The molecule has 1 aromatic heterocycles. The fourth-order valence-corrected chi connectivity index (χ4v) is 3.83. The fraction of sp³-hybridized carbons (Fsp3) is 0.733.